The van der Waals surface area contributed by atoms with Crippen LogP contribution in [-0.2, 0) is 16.0 Å². The number of aromatic nitrogens is 1. The predicted octanol–water partition coefficient (Wildman–Crippen LogP) is 3.04. The first-order chi connectivity index (χ1) is 14.0. The number of aromatic amines is 1. The summed E-state index contributed by atoms with van der Waals surface area (Å²) in [7, 11) is 1.69. The van der Waals surface area contributed by atoms with Crippen LogP contribution in [0.25, 0.3) is 10.9 Å². The average molecular weight is 418 g/mol. The molecule has 0 radical (unpaired) electrons. The molecule has 29 heavy (non-hydrogen) atoms. The van der Waals surface area contributed by atoms with Gasteiger partial charge >= 0.3 is 0 Å². The van der Waals surface area contributed by atoms with Gasteiger partial charge in [-0.15, -0.1) is 0 Å². The molecule has 1 aliphatic heterocycles. The molecule has 1 aliphatic rings. The summed E-state index contributed by atoms with van der Waals surface area (Å²) in [5.41, 5.74) is 3.82. The van der Waals surface area contributed by atoms with Crippen molar-refractivity contribution in [3.05, 3.63) is 45.2 Å². The van der Waals surface area contributed by atoms with Crippen molar-refractivity contribution < 1.29 is 9.47 Å². The Morgan fingerprint density at radius 2 is 2.21 bits per heavy atom. The Kier molecular flexibility index (Phi) is 7.64. The van der Waals surface area contributed by atoms with E-state index in [1.165, 1.54) is 0 Å². The topological polar surface area (TPSA) is 66.6 Å². The van der Waals surface area contributed by atoms with Crippen molar-refractivity contribution >= 4 is 28.2 Å². The number of hydrogen-bond acceptors (Lipinski definition) is 4. The van der Waals surface area contributed by atoms with Crippen molar-refractivity contribution in [2.45, 2.75) is 45.8 Å². The summed E-state index contributed by atoms with van der Waals surface area (Å²) in [4.78, 5) is 17.9. The number of pyridine rings is 1. The molecule has 158 valence electrons. The third-order valence-corrected chi connectivity index (χ3v) is 5.69. The largest absolute Gasteiger partial charge is 0.385 e. The molecule has 0 bridgehead atoms. The van der Waals surface area contributed by atoms with Crippen LogP contribution in [-0.4, -0.2) is 54.5 Å². The number of hydrogen-bond donors (Lipinski definition) is 2. The molecule has 2 N–H and O–H groups in total. The zero-order valence-electron chi connectivity index (χ0n) is 17.5. The number of methoxy groups -OCH3 is 1. The third-order valence-electron chi connectivity index (χ3n) is 5.29. The van der Waals surface area contributed by atoms with Gasteiger partial charge in [-0.05, 0) is 68.6 Å². The lowest BCUT2D eigenvalue weighted by Crippen LogP contribution is -2.44. The minimum atomic E-state index is -0.0676. The fraction of sp³-hybridized carbons (Fsp3) is 0.545. The van der Waals surface area contributed by atoms with Crippen molar-refractivity contribution in [1.82, 2.24) is 15.2 Å². The minimum absolute atomic E-state index is 0.0676. The van der Waals surface area contributed by atoms with E-state index >= 15 is 0 Å². The van der Waals surface area contributed by atoms with Crippen LogP contribution in [0.1, 0.15) is 36.0 Å². The second-order valence-corrected chi connectivity index (χ2v) is 8.15. The van der Waals surface area contributed by atoms with Crippen LogP contribution in [0.5, 0.6) is 0 Å². The Morgan fingerprint density at radius 3 is 2.93 bits per heavy atom. The quantitative estimate of drug-likeness (QED) is 0.508. The molecule has 1 fully saturated rings. The van der Waals surface area contributed by atoms with Crippen LogP contribution in [0.3, 0.4) is 0 Å². The highest BCUT2D eigenvalue weighted by atomic mass is 32.1. The standard InChI is InChI=1S/C22H31N3O3S/c1-15-10-16(2)19-12-17(21(26)24-20(19)11-15)13-25(14-18-6-4-9-28-18)22(29)23-7-5-8-27-3/h10-12,18H,4-9,13-14H2,1-3H3,(H,23,29)(H,24,26). The van der Waals surface area contributed by atoms with Gasteiger partial charge in [0, 0.05) is 49.9 Å². The molecule has 7 heteroatoms. The molecule has 1 aromatic heterocycles. The maximum atomic E-state index is 12.8. The fourth-order valence-electron chi connectivity index (χ4n) is 3.82. The van der Waals surface area contributed by atoms with Crippen LogP contribution in [0.15, 0.2) is 23.0 Å². The zero-order valence-corrected chi connectivity index (χ0v) is 18.4. The Labute approximate surface area is 177 Å². The van der Waals surface area contributed by atoms with E-state index in [0.29, 0.717) is 30.4 Å². The van der Waals surface area contributed by atoms with E-state index in [1.807, 2.05) is 19.1 Å². The summed E-state index contributed by atoms with van der Waals surface area (Å²) in [6.45, 7) is 7.46. The molecule has 0 amide bonds. The van der Waals surface area contributed by atoms with Gasteiger partial charge in [0.05, 0.1) is 12.6 Å². The van der Waals surface area contributed by atoms with E-state index in [4.69, 9.17) is 21.7 Å². The van der Waals surface area contributed by atoms with Crippen molar-refractivity contribution in [3.8, 4) is 0 Å². The number of nitrogens with one attached hydrogen (secondary N) is 2. The zero-order chi connectivity index (χ0) is 20.8. The third kappa shape index (κ3) is 5.78. The number of thiocarbonyl (C=S) groups is 1. The molecule has 1 atom stereocenters. The SMILES string of the molecule is COCCCNC(=S)N(Cc1cc2c(C)cc(C)cc2[nH]c1=O)CC1CCCO1. The number of benzene rings is 1. The molecule has 2 aromatic rings. The van der Waals surface area contributed by atoms with Gasteiger partial charge in [-0.25, -0.2) is 0 Å². The van der Waals surface area contributed by atoms with Crippen LogP contribution >= 0.6 is 12.2 Å². The van der Waals surface area contributed by atoms with E-state index in [-0.39, 0.29) is 11.7 Å². The van der Waals surface area contributed by atoms with E-state index in [0.717, 1.165) is 54.4 Å². The number of H-pyrrole nitrogens is 1. The van der Waals surface area contributed by atoms with Crippen LogP contribution in [0.2, 0.25) is 0 Å². The molecule has 1 unspecified atom stereocenters. The highest BCUT2D eigenvalue weighted by molar-refractivity contribution is 7.80. The summed E-state index contributed by atoms with van der Waals surface area (Å²) < 4.78 is 10.9. The van der Waals surface area contributed by atoms with E-state index in [1.54, 1.807) is 7.11 Å². The summed E-state index contributed by atoms with van der Waals surface area (Å²) in [5.74, 6) is 0. The average Bonchev–Trinajstić information content (AvgIpc) is 3.18. The molecule has 0 aliphatic carbocycles. The van der Waals surface area contributed by atoms with Gasteiger partial charge in [0.25, 0.3) is 5.56 Å². The molecule has 1 aromatic carbocycles. The van der Waals surface area contributed by atoms with Gasteiger partial charge in [0.1, 0.15) is 0 Å². The summed E-state index contributed by atoms with van der Waals surface area (Å²) in [6, 6.07) is 6.15. The molecular weight excluding hydrogens is 386 g/mol. The smallest absolute Gasteiger partial charge is 0.253 e. The summed E-state index contributed by atoms with van der Waals surface area (Å²) in [6.07, 6.45) is 3.12. The van der Waals surface area contributed by atoms with Gasteiger partial charge in [0.2, 0.25) is 0 Å². The van der Waals surface area contributed by atoms with Crippen molar-refractivity contribution in [1.29, 1.82) is 0 Å². The van der Waals surface area contributed by atoms with Gasteiger partial charge in [-0.3, -0.25) is 4.79 Å². The molecule has 0 saturated carbocycles. The number of rotatable bonds is 8. The maximum Gasteiger partial charge on any atom is 0.253 e. The second kappa shape index (κ2) is 10.2. The molecule has 6 nitrogen and oxygen atoms in total. The number of aryl methyl sites for hydroxylation is 2. The Morgan fingerprint density at radius 1 is 1.38 bits per heavy atom. The maximum absolute atomic E-state index is 12.8. The van der Waals surface area contributed by atoms with E-state index in [2.05, 4.69) is 28.2 Å². The lowest BCUT2D eigenvalue weighted by molar-refractivity contribution is 0.0896. The second-order valence-electron chi connectivity index (χ2n) is 7.76. The minimum Gasteiger partial charge on any atom is -0.385 e. The first kappa shape index (κ1) is 21.7. The lowest BCUT2D eigenvalue weighted by Gasteiger charge is -2.28. The molecule has 3 rings (SSSR count). The summed E-state index contributed by atoms with van der Waals surface area (Å²) >= 11 is 5.65. The predicted molar refractivity (Wildman–Crippen MR) is 121 cm³/mol. The van der Waals surface area contributed by atoms with Crippen LogP contribution < -0.4 is 10.9 Å². The first-order valence-corrected chi connectivity index (χ1v) is 10.6. The molecule has 2 heterocycles. The highest BCUT2D eigenvalue weighted by Crippen LogP contribution is 2.20. The fourth-order valence-corrected chi connectivity index (χ4v) is 4.06. The molecule has 1 saturated heterocycles. The van der Waals surface area contributed by atoms with Gasteiger partial charge in [-0.1, -0.05) is 6.07 Å². The number of ether oxygens (including phenoxy) is 2. The van der Waals surface area contributed by atoms with Crippen molar-refractivity contribution in [2.75, 3.05) is 33.4 Å². The van der Waals surface area contributed by atoms with Crippen molar-refractivity contribution in [2.24, 2.45) is 0 Å². The van der Waals surface area contributed by atoms with E-state index < -0.39 is 0 Å². The summed E-state index contributed by atoms with van der Waals surface area (Å²) in [5, 5.41) is 5.02. The highest BCUT2D eigenvalue weighted by Gasteiger charge is 2.22. The Hall–Kier alpha value is -1.96. The van der Waals surface area contributed by atoms with Crippen molar-refractivity contribution in [3.63, 3.8) is 0 Å². The van der Waals surface area contributed by atoms with Crippen LogP contribution in [0.4, 0.5) is 0 Å². The monoisotopic (exact) mass is 417 g/mol. The van der Waals surface area contributed by atoms with Gasteiger partial charge in [0.15, 0.2) is 5.11 Å². The lowest BCUT2D eigenvalue weighted by atomic mass is 10.0. The number of fused-ring (bicyclic) bond motifs is 1. The normalized spacial score (nSPS) is 16.3. The Bertz CT molecular complexity index is 906. The van der Waals surface area contributed by atoms with E-state index in [9.17, 15) is 4.79 Å². The molecular formula is C22H31N3O3S. The Balaban J connectivity index is 1.81. The molecule has 0 spiro atoms. The van der Waals surface area contributed by atoms with Crippen LogP contribution in [0, 0.1) is 13.8 Å². The number of nitrogens with zero attached hydrogens (tertiary/aromatic N) is 1. The first-order valence-electron chi connectivity index (χ1n) is 10.2. The van der Waals surface area contributed by atoms with Gasteiger partial charge < -0.3 is 24.7 Å². The van der Waals surface area contributed by atoms with Gasteiger partial charge in [-0.2, -0.15) is 0 Å².